The minimum Gasteiger partial charge on any atom is -0.324 e. The Bertz CT molecular complexity index is 584. The first kappa shape index (κ1) is 14.8. The van der Waals surface area contributed by atoms with Crippen molar-refractivity contribution in [2.45, 2.75) is 12.5 Å². The molecule has 2 N–H and O–H groups in total. The van der Waals surface area contributed by atoms with Gasteiger partial charge < -0.3 is 5.73 Å². The molecule has 0 bridgehead atoms. The first-order valence-electron chi connectivity index (χ1n) is 5.63. The van der Waals surface area contributed by atoms with Gasteiger partial charge in [-0.2, -0.15) is 0 Å². The molecule has 0 amide bonds. The topological polar surface area (TPSA) is 26.0 Å². The molecule has 5 heteroatoms. The van der Waals surface area contributed by atoms with E-state index in [0.717, 1.165) is 10.0 Å². The fourth-order valence-corrected chi connectivity index (χ4v) is 2.75. The molecule has 100 valence electrons. The summed E-state index contributed by atoms with van der Waals surface area (Å²) < 4.78 is 14.5. The lowest BCUT2D eigenvalue weighted by Crippen LogP contribution is -2.15. The Labute approximate surface area is 129 Å². The lowest BCUT2D eigenvalue weighted by molar-refractivity contribution is 0.593. The molecule has 1 unspecified atom stereocenters. The van der Waals surface area contributed by atoms with E-state index in [-0.39, 0.29) is 5.82 Å². The third-order valence-corrected chi connectivity index (χ3v) is 4.53. The van der Waals surface area contributed by atoms with Crippen molar-refractivity contribution in [1.29, 1.82) is 0 Å². The lowest BCUT2D eigenvalue weighted by Gasteiger charge is -2.16. The predicted octanol–water partition coefficient (Wildman–Crippen LogP) is 5.14. The average molecular weight is 363 g/mol. The lowest BCUT2D eigenvalue weighted by atomic mass is 9.99. The van der Waals surface area contributed by atoms with Gasteiger partial charge >= 0.3 is 0 Å². The zero-order chi connectivity index (χ0) is 14.0. The largest absolute Gasteiger partial charge is 0.324 e. The maximum Gasteiger partial charge on any atom is 0.127 e. The quantitative estimate of drug-likeness (QED) is 0.803. The molecular weight excluding hydrogens is 352 g/mol. The summed E-state index contributed by atoms with van der Waals surface area (Å²) in [5.74, 6) is -0.353. The van der Waals surface area contributed by atoms with Gasteiger partial charge in [0, 0.05) is 21.1 Å². The van der Waals surface area contributed by atoms with Gasteiger partial charge in [-0.05, 0) is 46.1 Å². The fourth-order valence-electron chi connectivity index (χ4n) is 1.86. The molecule has 0 saturated carbocycles. The van der Waals surface area contributed by atoms with E-state index in [1.807, 2.05) is 18.2 Å². The number of nitrogens with two attached hydrogens (primary N) is 1. The summed E-state index contributed by atoms with van der Waals surface area (Å²) in [4.78, 5) is 0. The summed E-state index contributed by atoms with van der Waals surface area (Å²) in [7, 11) is 0. The monoisotopic (exact) mass is 361 g/mol. The van der Waals surface area contributed by atoms with Gasteiger partial charge in [-0.15, -0.1) is 0 Å². The fraction of sp³-hybridized carbons (Fsp3) is 0.143. The molecule has 0 aliphatic heterocycles. The Morgan fingerprint density at radius 3 is 2.53 bits per heavy atom. The highest BCUT2D eigenvalue weighted by molar-refractivity contribution is 9.10. The zero-order valence-corrected chi connectivity index (χ0v) is 12.9. The standard InChI is InChI=1S/C14H11BrCl2FN/c15-10-4-1-3-8(14(10)17)13(19)7-9-11(16)5-2-6-12(9)18/h1-6,13H,7,19H2. The van der Waals surface area contributed by atoms with Gasteiger partial charge in [0.05, 0.1) is 5.02 Å². The van der Waals surface area contributed by atoms with E-state index in [1.165, 1.54) is 6.07 Å². The molecule has 0 fully saturated rings. The van der Waals surface area contributed by atoms with E-state index in [4.69, 9.17) is 28.9 Å². The normalized spacial score (nSPS) is 12.5. The Balaban J connectivity index is 2.31. The summed E-state index contributed by atoms with van der Waals surface area (Å²) in [6.07, 6.45) is 0.293. The molecule has 2 aromatic rings. The third kappa shape index (κ3) is 3.29. The van der Waals surface area contributed by atoms with Crippen LogP contribution in [0.25, 0.3) is 0 Å². The van der Waals surface area contributed by atoms with Crippen molar-refractivity contribution in [3.8, 4) is 0 Å². The van der Waals surface area contributed by atoms with Gasteiger partial charge in [-0.1, -0.05) is 41.4 Å². The number of halogens is 4. The molecule has 0 aliphatic rings. The van der Waals surface area contributed by atoms with Gasteiger partial charge in [-0.25, -0.2) is 4.39 Å². The van der Waals surface area contributed by atoms with E-state index in [9.17, 15) is 4.39 Å². The highest BCUT2D eigenvalue weighted by Crippen LogP contribution is 2.32. The maximum absolute atomic E-state index is 13.7. The second-order valence-corrected chi connectivity index (χ2v) is 5.79. The van der Waals surface area contributed by atoms with Crippen LogP contribution in [0.5, 0.6) is 0 Å². The van der Waals surface area contributed by atoms with E-state index in [1.54, 1.807) is 12.1 Å². The molecule has 2 aromatic carbocycles. The molecule has 2 rings (SSSR count). The summed E-state index contributed by atoms with van der Waals surface area (Å²) >= 11 is 15.5. The van der Waals surface area contributed by atoms with Gasteiger partial charge in [0.1, 0.15) is 5.82 Å². The van der Waals surface area contributed by atoms with Crippen LogP contribution in [0.2, 0.25) is 10.0 Å². The minimum absolute atomic E-state index is 0.293. The van der Waals surface area contributed by atoms with Gasteiger partial charge in [0.15, 0.2) is 0 Å². The molecule has 0 saturated heterocycles. The number of rotatable bonds is 3. The predicted molar refractivity (Wildman–Crippen MR) is 81.2 cm³/mol. The van der Waals surface area contributed by atoms with Crippen molar-refractivity contribution in [3.63, 3.8) is 0 Å². The van der Waals surface area contributed by atoms with Crippen LogP contribution in [0.1, 0.15) is 17.2 Å². The number of benzene rings is 2. The van der Waals surface area contributed by atoms with E-state index in [2.05, 4.69) is 15.9 Å². The van der Waals surface area contributed by atoms with Gasteiger partial charge in [-0.3, -0.25) is 0 Å². The SMILES string of the molecule is NC(Cc1c(F)cccc1Cl)c1cccc(Br)c1Cl. The second kappa shape index (κ2) is 6.23. The summed E-state index contributed by atoms with van der Waals surface area (Å²) in [5.41, 5.74) is 7.27. The molecule has 0 heterocycles. The summed E-state index contributed by atoms with van der Waals surface area (Å²) in [6, 6.07) is 9.67. The molecule has 19 heavy (non-hydrogen) atoms. The minimum atomic E-state index is -0.417. The Hall–Kier alpha value is -0.610. The third-order valence-electron chi connectivity index (χ3n) is 2.87. The smallest absolute Gasteiger partial charge is 0.127 e. The number of hydrogen-bond acceptors (Lipinski definition) is 1. The van der Waals surface area contributed by atoms with Crippen LogP contribution < -0.4 is 5.73 Å². The second-order valence-electron chi connectivity index (χ2n) is 4.15. The van der Waals surface area contributed by atoms with Crippen LogP contribution in [-0.2, 0) is 6.42 Å². The molecule has 0 aliphatic carbocycles. The molecule has 1 atom stereocenters. The van der Waals surface area contributed by atoms with Crippen LogP contribution in [0.15, 0.2) is 40.9 Å². The van der Waals surface area contributed by atoms with E-state index < -0.39 is 6.04 Å². The Morgan fingerprint density at radius 1 is 1.16 bits per heavy atom. The van der Waals surface area contributed by atoms with Crippen molar-refractivity contribution in [2.24, 2.45) is 5.73 Å². The van der Waals surface area contributed by atoms with Crippen molar-refractivity contribution < 1.29 is 4.39 Å². The molecule has 0 spiro atoms. The highest BCUT2D eigenvalue weighted by Gasteiger charge is 2.16. The van der Waals surface area contributed by atoms with Crippen LogP contribution in [0, 0.1) is 5.82 Å². The molecule has 0 aromatic heterocycles. The first-order valence-corrected chi connectivity index (χ1v) is 7.18. The molecule has 1 nitrogen and oxygen atoms in total. The zero-order valence-electron chi connectivity index (χ0n) is 9.84. The van der Waals surface area contributed by atoms with Gasteiger partial charge in [0.25, 0.3) is 0 Å². The first-order chi connectivity index (χ1) is 9.00. The maximum atomic E-state index is 13.7. The Kier molecular flexibility index (Phi) is 4.85. The van der Waals surface area contributed by atoms with Crippen molar-refractivity contribution in [3.05, 3.63) is 67.9 Å². The van der Waals surface area contributed by atoms with Gasteiger partial charge in [0.2, 0.25) is 0 Å². The average Bonchev–Trinajstić information content (AvgIpc) is 2.37. The Morgan fingerprint density at radius 2 is 1.84 bits per heavy atom. The van der Waals surface area contributed by atoms with Crippen molar-refractivity contribution >= 4 is 39.1 Å². The van der Waals surface area contributed by atoms with Crippen LogP contribution >= 0.6 is 39.1 Å². The summed E-state index contributed by atoms with van der Waals surface area (Å²) in [6.45, 7) is 0. The van der Waals surface area contributed by atoms with Crippen molar-refractivity contribution in [2.75, 3.05) is 0 Å². The van der Waals surface area contributed by atoms with Crippen molar-refractivity contribution in [1.82, 2.24) is 0 Å². The molecule has 0 radical (unpaired) electrons. The van der Waals surface area contributed by atoms with Crippen LogP contribution in [0.4, 0.5) is 4.39 Å². The molecular formula is C14H11BrCl2FN. The van der Waals surface area contributed by atoms with Crippen LogP contribution in [-0.4, -0.2) is 0 Å². The number of hydrogen-bond donors (Lipinski definition) is 1. The highest BCUT2D eigenvalue weighted by atomic mass is 79.9. The van der Waals surface area contributed by atoms with Crippen LogP contribution in [0.3, 0.4) is 0 Å². The van der Waals surface area contributed by atoms with E-state index in [0.29, 0.717) is 22.0 Å². The summed E-state index contributed by atoms with van der Waals surface area (Å²) in [5, 5.41) is 0.920. The van der Waals surface area contributed by atoms with E-state index >= 15 is 0 Å².